The van der Waals surface area contributed by atoms with E-state index in [-0.39, 0.29) is 11.3 Å². The minimum absolute atomic E-state index is 0.0459. The van der Waals surface area contributed by atoms with Crippen LogP contribution >= 0.6 is 0 Å². The monoisotopic (exact) mass is 387 g/mol. The molecule has 1 aliphatic carbocycles. The van der Waals surface area contributed by atoms with E-state index in [9.17, 15) is 4.79 Å². The fourth-order valence-corrected chi connectivity index (χ4v) is 4.80. The number of hydrogen-bond donors (Lipinski definition) is 0. The van der Waals surface area contributed by atoms with Gasteiger partial charge in [-0.15, -0.1) is 0 Å². The van der Waals surface area contributed by atoms with Crippen molar-refractivity contribution < 1.29 is 4.79 Å². The van der Waals surface area contributed by atoms with E-state index in [1.807, 2.05) is 54.5 Å². The number of carbonyl (C=O) groups is 1. The van der Waals surface area contributed by atoms with E-state index < -0.39 is 0 Å². The van der Waals surface area contributed by atoms with Crippen LogP contribution in [0.1, 0.15) is 36.1 Å². The molecule has 29 heavy (non-hydrogen) atoms. The lowest BCUT2D eigenvalue weighted by Gasteiger charge is -2.40. The van der Waals surface area contributed by atoms with E-state index in [1.165, 1.54) is 5.56 Å². The molecule has 148 valence electrons. The fourth-order valence-electron chi connectivity index (χ4n) is 4.80. The van der Waals surface area contributed by atoms with Gasteiger partial charge >= 0.3 is 0 Å². The van der Waals surface area contributed by atoms with E-state index in [0.29, 0.717) is 6.54 Å². The van der Waals surface area contributed by atoms with Gasteiger partial charge in [-0.05, 0) is 43.7 Å². The molecule has 1 aliphatic heterocycles. The number of hydrogen-bond acceptors (Lipinski definition) is 4. The summed E-state index contributed by atoms with van der Waals surface area (Å²) in [6, 6.07) is 10.1. The van der Waals surface area contributed by atoms with Gasteiger partial charge in [0, 0.05) is 36.5 Å². The van der Waals surface area contributed by atoms with Crippen LogP contribution < -0.4 is 0 Å². The summed E-state index contributed by atoms with van der Waals surface area (Å²) in [7, 11) is 0. The first-order valence-electron chi connectivity index (χ1n) is 10.3. The molecule has 0 saturated carbocycles. The van der Waals surface area contributed by atoms with Gasteiger partial charge in [0.15, 0.2) is 5.82 Å². The molecule has 1 fully saturated rings. The van der Waals surface area contributed by atoms with Crippen molar-refractivity contribution in [2.45, 2.75) is 44.6 Å². The fraction of sp³-hybridized carbons (Fsp3) is 0.391. The van der Waals surface area contributed by atoms with Crippen LogP contribution in [-0.2, 0) is 23.2 Å². The lowest BCUT2D eigenvalue weighted by Crippen LogP contribution is -2.48. The zero-order valence-corrected chi connectivity index (χ0v) is 16.7. The van der Waals surface area contributed by atoms with Gasteiger partial charge in [-0.1, -0.05) is 30.3 Å². The van der Waals surface area contributed by atoms with Gasteiger partial charge in [0.25, 0.3) is 0 Å². The third kappa shape index (κ3) is 3.33. The number of aromatic nitrogens is 4. The Morgan fingerprint density at radius 3 is 2.83 bits per heavy atom. The Bertz CT molecular complexity index is 1040. The molecule has 6 heteroatoms. The van der Waals surface area contributed by atoms with Crippen molar-refractivity contribution in [1.82, 2.24) is 24.6 Å². The summed E-state index contributed by atoms with van der Waals surface area (Å²) >= 11 is 0. The van der Waals surface area contributed by atoms with Gasteiger partial charge in [0.1, 0.15) is 6.54 Å². The molecule has 1 unspecified atom stereocenters. The summed E-state index contributed by atoms with van der Waals surface area (Å²) < 4.78 is 1.73. The molecule has 3 aromatic rings. The normalized spacial score (nSPS) is 20.8. The van der Waals surface area contributed by atoms with Gasteiger partial charge in [-0.3, -0.25) is 9.48 Å². The molecule has 1 saturated heterocycles. The number of aryl methyl sites for hydroxylation is 2. The van der Waals surface area contributed by atoms with Crippen LogP contribution in [0.4, 0.5) is 0 Å². The summed E-state index contributed by atoms with van der Waals surface area (Å²) in [6.07, 6.45) is 9.82. The topological polar surface area (TPSA) is 63.9 Å². The first kappa shape index (κ1) is 18.0. The quantitative estimate of drug-likeness (QED) is 0.693. The molecule has 2 aliphatic rings. The van der Waals surface area contributed by atoms with Gasteiger partial charge < -0.3 is 4.90 Å². The second-order valence-corrected chi connectivity index (χ2v) is 8.35. The molecule has 1 spiro atoms. The number of nitrogens with zero attached hydrogens (tertiary/aromatic N) is 5. The standard InChI is InChI=1S/C23H25N5O/c1-17-12-25-28(14-17)15-20(29)27-11-5-9-23(16-27)10-8-19-13-24-22(26-21(19)23)18-6-3-2-4-7-18/h2-4,6-7,12-14H,5,8-11,15-16H2,1H3. The molecule has 0 bridgehead atoms. The Kier molecular flexibility index (Phi) is 4.42. The number of rotatable bonds is 3. The Balaban J connectivity index is 1.41. The highest BCUT2D eigenvalue weighted by Crippen LogP contribution is 2.44. The Morgan fingerprint density at radius 1 is 1.17 bits per heavy atom. The molecule has 0 N–H and O–H groups in total. The molecule has 2 aromatic heterocycles. The molecule has 5 rings (SSSR count). The molecule has 1 amide bonds. The minimum Gasteiger partial charge on any atom is -0.340 e. The molecule has 6 nitrogen and oxygen atoms in total. The van der Waals surface area contributed by atoms with Crippen LogP contribution in [-0.4, -0.2) is 43.6 Å². The molecular formula is C23H25N5O. The van der Waals surface area contributed by atoms with Crippen LogP contribution in [0.15, 0.2) is 48.9 Å². The first-order valence-corrected chi connectivity index (χ1v) is 10.3. The number of likely N-dealkylation sites (tertiary alicyclic amines) is 1. The van der Waals surface area contributed by atoms with Crippen molar-refractivity contribution >= 4 is 5.91 Å². The molecule has 1 atom stereocenters. The van der Waals surface area contributed by atoms with Crippen molar-refractivity contribution in [3.8, 4) is 11.4 Å². The lowest BCUT2D eigenvalue weighted by molar-refractivity contribution is -0.134. The van der Waals surface area contributed by atoms with Crippen LogP contribution in [0.3, 0.4) is 0 Å². The maximum absolute atomic E-state index is 12.9. The van der Waals surface area contributed by atoms with Crippen molar-refractivity contribution in [3.05, 3.63) is 65.7 Å². The number of amides is 1. The SMILES string of the molecule is Cc1cnn(CC(=O)N2CCCC3(CCc4cnc(-c5ccccc5)nc43)C2)c1. The summed E-state index contributed by atoms with van der Waals surface area (Å²) in [6.45, 7) is 3.84. The lowest BCUT2D eigenvalue weighted by atomic mass is 9.77. The van der Waals surface area contributed by atoms with E-state index in [4.69, 9.17) is 4.98 Å². The minimum atomic E-state index is -0.0459. The highest BCUT2D eigenvalue weighted by atomic mass is 16.2. The van der Waals surface area contributed by atoms with E-state index in [2.05, 4.69) is 10.1 Å². The van der Waals surface area contributed by atoms with Crippen LogP contribution in [0.25, 0.3) is 11.4 Å². The number of carbonyl (C=O) groups excluding carboxylic acids is 1. The van der Waals surface area contributed by atoms with Crippen molar-refractivity contribution in [2.75, 3.05) is 13.1 Å². The van der Waals surface area contributed by atoms with Crippen molar-refractivity contribution in [1.29, 1.82) is 0 Å². The highest BCUT2D eigenvalue weighted by molar-refractivity contribution is 5.76. The summed E-state index contributed by atoms with van der Waals surface area (Å²) in [5, 5.41) is 4.27. The Labute approximate surface area is 170 Å². The van der Waals surface area contributed by atoms with E-state index in [1.54, 1.807) is 10.9 Å². The van der Waals surface area contributed by atoms with Gasteiger partial charge in [-0.2, -0.15) is 5.10 Å². The predicted molar refractivity (Wildman–Crippen MR) is 110 cm³/mol. The smallest absolute Gasteiger partial charge is 0.244 e. The summed E-state index contributed by atoms with van der Waals surface area (Å²) in [4.78, 5) is 24.6. The Hall–Kier alpha value is -3.02. The zero-order chi connectivity index (χ0) is 19.8. The summed E-state index contributed by atoms with van der Waals surface area (Å²) in [5.74, 6) is 0.916. The number of benzene rings is 1. The average Bonchev–Trinajstić information content (AvgIpc) is 3.32. The average molecular weight is 387 g/mol. The summed E-state index contributed by atoms with van der Waals surface area (Å²) in [5.41, 5.74) is 4.45. The first-order chi connectivity index (χ1) is 14.1. The third-order valence-corrected chi connectivity index (χ3v) is 6.26. The van der Waals surface area contributed by atoms with Gasteiger partial charge in [0.05, 0.1) is 11.9 Å². The number of fused-ring (bicyclic) bond motifs is 2. The predicted octanol–water partition coefficient (Wildman–Crippen LogP) is 3.16. The zero-order valence-electron chi connectivity index (χ0n) is 16.7. The van der Waals surface area contributed by atoms with Crippen LogP contribution in [0.2, 0.25) is 0 Å². The van der Waals surface area contributed by atoms with Gasteiger partial charge in [-0.25, -0.2) is 9.97 Å². The molecule has 1 aromatic carbocycles. The second-order valence-electron chi connectivity index (χ2n) is 8.35. The molecule has 3 heterocycles. The Morgan fingerprint density at radius 2 is 2.03 bits per heavy atom. The maximum atomic E-state index is 12.9. The highest BCUT2D eigenvalue weighted by Gasteiger charge is 2.44. The van der Waals surface area contributed by atoms with Gasteiger partial charge in [0.2, 0.25) is 5.91 Å². The van der Waals surface area contributed by atoms with E-state index in [0.717, 1.165) is 61.4 Å². The largest absolute Gasteiger partial charge is 0.340 e. The van der Waals surface area contributed by atoms with Crippen molar-refractivity contribution in [3.63, 3.8) is 0 Å². The molecule has 0 radical (unpaired) electrons. The maximum Gasteiger partial charge on any atom is 0.244 e. The van der Waals surface area contributed by atoms with Crippen molar-refractivity contribution in [2.24, 2.45) is 0 Å². The van der Waals surface area contributed by atoms with Crippen LogP contribution in [0.5, 0.6) is 0 Å². The van der Waals surface area contributed by atoms with Crippen LogP contribution in [0, 0.1) is 6.92 Å². The third-order valence-electron chi connectivity index (χ3n) is 6.26. The van der Waals surface area contributed by atoms with E-state index >= 15 is 0 Å². The number of piperidine rings is 1. The molecular weight excluding hydrogens is 362 g/mol. The second kappa shape index (κ2) is 7.10.